The van der Waals surface area contributed by atoms with Crippen molar-refractivity contribution in [3.8, 4) is 11.5 Å². The summed E-state index contributed by atoms with van der Waals surface area (Å²) in [6.45, 7) is 0.575. The van der Waals surface area contributed by atoms with Gasteiger partial charge >= 0.3 is 5.97 Å². The monoisotopic (exact) mass is 517 g/mol. The largest absolute Gasteiger partial charge is 0.485 e. The summed E-state index contributed by atoms with van der Waals surface area (Å²) in [6, 6.07) is 25.5. The van der Waals surface area contributed by atoms with E-state index in [0.717, 1.165) is 29.3 Å². The number of amides is 1. The molecule has 0 aliphatic carbocycles. The number of rotatable bonds is 11. The van der Waals surface area contributed by atoms with Gasteiger partial charge in [-0.2, -0.15) is 0 Å². The van der Waals surface area contributed by atoms with Crippen molar-refractivity contribution in [3.63, 3.8) is 0 Å². The summed E-state index contributed by atoms with van der Waals surface area (Å²) >= 11 is 0. The molecule has 0 aliphatic rings. The lowest BCUT2D eigenvalue weighted by atomic mass is 10.0. The second-order valence-corrected chi connectivity index (χ2v) is 8.53. The Kier molecular flexibility index (Phi) is 8.66. The third kappa shape index (κ3) is 7.16. The van der Waals surface area contributed by atoms with Crippen LogP contribution in [0.5, 0.6) is 11.5 Å². The maximum absolute atomic E-state index is 13.5. The van der Waals surface area contributed by atoms with E-state index in [1.807, 2.05) is 60.7 Å². The van der Waals surface area contributed by atoms with Crippen molar-refractivity contribution in [2.75, 3.05) is 0 Å². The Morgan fingerprint density at radius 3 is 1.89 bits per heavy atom. The van der Waals surface area contributed by atoms with Gasteiger partial charge in [-0.15, -0.1) is 0 Å². The van der Waals surface area contributed by atoms with Crippen molar-refractivity contribution in [2.45, 2.75) is 25.7 Å². The average molecular weight is 518 g/mol. The maximum Gasteiger partial charge on any atom is 0.326 e. The van der Waals surface area contributed by atoms with Crippen molar-refractivity contribution in [1.29, 1.82) is 0 Å². The second kappa shape index (κ2) is 12.5. The highest BCUT2D eigenvalue weighted by atomic mass is 19.2. The third-order valence-corrected chi connectivity index (χ3v) is 5.71. The Hall–Kier alpha value is -4.72. The number of carboxylic acid groups (broad SMARTS) is 1. The molecule has 4 rings (SSSR count). The first kappa shape index (κ1) is 26.3. The molecule has 0 unspecified atom stereocenters. The molecule has 0 bridgehead atoms. The summed E-state index contributed by atoms with van der Waals surface area (Å²) < 4.78 is 38.8. The van der Waals surface area contributed by atoms with Gasteiger partial charge in [0.2, 0.25) is 0 Å². The number of nitrogens with one attached hydrogen (secondary N) is 1. The molecule has 1 amide bonds. The van der Waals surface area contributed by atoms with Crippen LogP contribution in [0.25, 0.3) is 0 Å². The van der Waals surface area contributed by atoms with Crippen molar-refractivity contribution < 1.29 is 33.0 Å². The minimum absolute atomic E-state index is 0.0780. The standard InChI is InChI=1S/C30H25F2NO5/c31-24-13-12-23(17-25(24)32)29(34)33-26(30(35)36)15-22-11-14-27(37-18-20-7-3-1-4-8-20)28(16-22)38-19-21-9-5-2-6-10-21/h1-14,16-17,26H,15,18-19H2,(H,33,34)(H,35,36)/t26-/m0/s1. The topological polar surface area (TPSA) is 84.9 Å². The number of halogens is 2. The van der Waals surface area contributed by atoms with E-state index in [1.165, 1.54) is 0 Å². The molecule has 2 N–H and O–H groups in total. The number of ether oxygens (including phenoxy) is 2. The van der Waals surface area contributed by atoms with E-state index in [1.54, 1.807) is 18.2 Å². The van der Waals surface area contributed by atoms with Gasteiger partial charge in [-0.1, -0.05) is 66.7 Å². The summed E-state index contributed by atoms with van der Waals surface area (Å²) in [6.07, 6.45) is -0.0780. The van der Waals surface area contributed by atoms with E-state index in [2.05, 4.69) is 5.32 Å². The summed E-state index contributed by atoms with van der Waals surface area (Å²) in [4.78, 5) is 24.4. The molecule has 6 nitrogen and oxygen atoms in total. The molecule has 0 fully saturated rings. The van der Waals surface area contributed by atoms with E-state index in [-0.39, 0.29) is 18.6 Å². The minimum Gasteiger partial charge on any atom is -0.485 e. The number of carbonyl (C=O) groups excluding carboxylic acids is 1. The van der Waals surface area contributed by atoms with Crippen molar-refractivity contribution in [1.82, 2.24) is 5.32 Å². The molecule has 0 radical (unpaired) electrons. The van der Waals surface area contributed by atoms with Gasteiger partial charge in [0.1, 0.15) is 19.3 Å². The number of benzene rings is 4. The van der Waals surface area contributed by atoms with Crippen LogP contribution in [-0.4, -0.2) is 23.0 Å². The van der Waals surface area contributed by atoms with Gasteiger partial charge in [-0.25, -0.2) is 13.6 Å². The second-order valence-electron chi connectivity index (χ2n) is 8.53. The predicted molar refractivity (Wildman–Crippen MR) is 137 cm³/mol. The first-order valence-electron chi connectivity index (χ1n) is 11.8. The summed E-state index contributed by atoms with van der Waals surface area (Å²) in [5, 5.41) is 12.1. The Labute approximate surface area is 218 Å². The predicted octanol–water partition coefficient (Wildman–Crippen LogP) is 5.55. The fourth-order valence-electron chi connectivity index (χ4n) is 3.70. The first-order valence-corrected chi connectivity index (χ1v) is 11.8. The highest BCUT2D eigenvalue weighted by Crippen LogP contribution is 2.30. The quantitative estimate of drug-likeness (QED) is 0.273. The van der Waals surface area contributed by atoms with Crippen LogP contribution in [0.15, 0.2) is 97.1 Å². The Morgan fingerprint density at radius 2 is 1.32 bits per heavy atom. The number of hydrogen-bond donors (Lipinski definition) is 2. The average Bonchev–Trinajstić information content (AvgIpc) is 2.93. The van der Waals surface area contributed by atoms with E-state index < -0.39 is 29.6 Å². The van der Waals surface area contributed by atoms with E-state index >= 15 is 0 Å². The highest BCUT2D eigenvalue weighted by molar-refractivity contribution is 5.96. The van der Waals surface area contributed by atoms with Crippen molar-refractivity contribution in [3.05, 3.63) is 131 Å². The Morgan fingerprint density at radius 1 is 0.711 bits per heavy atom. The van der Waals surface area contributed by atoms with Crippen LogP contribution in [0.3, 0.4) is 0 Å². The lowest BCUT2D eigenvalue weighted by molar-refractivity contribution is -0.139. The minimum atomic E-state index is -1.33. The zero-order chi connectivity index (χ0) is 26.9. The van der Waals surface area contributed by atoms with E-state index in [4.69, 9.17) is 9.47 Å². The number of carbonyl (C=O) groups is 2. The maximum atomic E-state index is 13.5. The zero-order valence-electron chi connectivity index (χ0n) is 20.3. The molecule has 0 saturated heterocycles. The fourth-order valence-corrected chi connectivity index (χ4v) is 3.70. The van der Waals surface area contributed by atoms with Crippen molar-refractivity contribution >= 4 is 11.9 Å². The van der Waals surface area contributed by atoms with Gasteiger partial charge in [0, 0.05) is 12.0 Å². The van der Waals surface area contributed by atoms with Crippen LogP contribution in [-0.2, 0) is 24.4 Å². The Bertz CT molecular complexity index is 1400. The zero-order valence-corrected chi connectivity index (χ0v) is 20.3. The fraction of sp³-hybridized carbons (Fsp3) is 0.133. The molecule has 0 aliphatic heterocycles. The lowest BCUT2D eigenvalue weighted by Gasteiger charge is -2.17. The SMILES string of the molecule is O=C(N[C@@H](Cc1ccc(OCc2ccccc2)c(OCc2ccccc2)c1)C(=O)O)c1ccc(F)c(F)c1. The normalized spacial score (nSPS) is 11.4. The van der Waals surface area contributed by atoms with E-state index in [9.17, 15) is 23.5 Å². The van der Waals surface area contributed by atoms with Crippen LogP contribution < -0.4 is 14.8 Å². The molecular formula is C30H25F2NO5. The first-order chi connectivity index (χ1) is 18.4. The summed E-state index contributed by atoms with van der Waals surface area (Å²) in [5.74, 6) is -3.52. The van der Waals surface area contributed by atoms with Crippen LogP contribution in [0.1, 0.15) is 27.0 Å². The molecule has 8 heteroatoms. The van der Waals surface area contributed by atoms with Gasteiger partial charge in [0.15, 0.2) is 23.1 Å². The third-order valence-electron chi connectivity index (χ3n) is 5.71. The summed E-state index contributed by atoms with van der Waals surface area (Å²) in [7, 11) is 0. The Balaban J connectivity index is 1.52. The summed E-state index contributed by atoms with van der Waals surface area (Å²) in [5.41, 5.74) is 2.29. The molecule has 194 valence electrons. The molecule has 38 heavy (non-hydrogen) atoms. The highest BCUT2D eigenvalue weighted by Gasteiger charge is 2.23. The molecule has 1 atom stereocenters. The van der Waals surface area contributed by atoms with Crippen LogP contribution in [0, 0.1) is 11.6 Å². The van der Waals surface area contributed by atoms with E-state index in [0.29, 0.717) is 23.7 Å². The molecule has 0 aromatic heterocycles. The van der Waals surface area contributed by atoms with Crippen molar-refractivity contribution in [2.24, 2.45) is 0 Å². The van der Waals surface area contributed by atoms with Gasteiger partial charge in [-0.3, -0.25) is 4.79 Å². The molecular weight excluding hydrogens is 492 g/mol. The van der Waals surface area contributed by atoms with Crippen LogP contribution >= 0.6 is 0 Å². The van der Waals surface area contributed by atoms with Gasteiger partial charge in [0.25, 0.3) is 5.91 Å². The number of aliphatic carboxylic acids is 1. The van der Waals surface area contributed by atoms with Crippen LogP contribution in [0.4, 0.5) is 8.78 Å². The van der Waals surface area contributed by atoms with Gasteiger partial charge in [0.05, 0.1) is 0 Å². The number of carboxylic acids is 1. The molecule has 0 spiro atoms. The molecule has 4 aromatic carbocycles. The smallest absolute Gasteiger partial charge is 0.326 e. The number of hydrogen-bond acceptors (Lipinski definition) is 4. The van der Waals surface area contributed by atoms with Gasteiger partial charge < -0.3 is 19.9 Å². The molecule has 0 saturated carbocycles. The van der Waals surface area contributed by atoms with Crippen LogP contribution in [0.2, 0.25) is 0 Å². The molecule has 4 aromatic rings. The lowest BCUT2D eigenvalue weighted by Crippen LogP contribution is -2.42. The van der Waals surface area contributed by atoms with Gasteiger partial charge in [-0.05, 0) is 47.0 Å². The molecule has 0 heterocycles.